The van der Waals surface area contributed by atoms with Gasteiger partial charge in [0.2, 0.25) is 0 Å². The van der Waals surface area contributed by atoms with E-state index in [1.165, 1.54) is 0 Å². The molecule has 0 aromatic rings. The normalized spacial score (nSPS) is 27.7. The lowest BCUT2D eigenvalue weighted by Crippen LogP contribution is -2.68. The fourth-order valence-electron chi connectivity index (χ4n) is 6.01. The van der Waals surface area contributed by atoms with Crippen LogP contribution in [0.2, 0.25) is 0 Å². The van der Waals surface area contributed by atoms with Crippen LogP contribution in [0.5, 0.6) is 0 Å². The molecule has 0 saturated heterocycles. The monoisotopic (exact) mass is 1140 g/mol. The minimum atomic E-state index is -5.26. The molecule has 2 aliphatic carbocycles. The van der Waals surface area contributed by atoms with Gasteiger partial charge >= 0.3 is 31.3 Å². The van der Waals surface area contributed by atoms with Gasteiger partial charge in [-0.25, -0.2) is 18.3 Å². The summed E-state index contributed by atoms with van der Waals surface area (Å²) in [4.78, 5) is 112. The van der Waals surface area contributed by atoms with Crippen LogP contribution in [0.4, 0.5) is 0 Å². The van der Waals surface area contributed by atoms with E-state index in [1.54, 1.807) is 27.7 Å². The van der Waals surface area contributed by atoms with Crippen molar-refractivity contribution in [1.29, 1.82) is 0 Å². The summed E-state index contributed by atoms with van der Waals surface area (Å²) in [5.74, 6) is 0. The van der Waals surface area contributed by atoms with Gasteiger partial charge in [0.1, 0.15) is 73.2 Å². The summed E-state index contributed by atoms with van der Waals surface area (Å²) in [6.45, 7) is 8.92. The molecule has 33 nitrogen and oxygen atoms in total. The standard InChI is InChI=1S/C16H34O13P2.C12H26O14P2.3HO2P/c1-4-7-10-26-13-15(28-30(18,19)20)11(24-8-5-2)14(27-17)12(25-9-6-3)16(13)29-31(21,22)23;1-3-5-21-7-9(23-13)10(24-14)12(26-28(18,19)20)8(22-6-4-2)11(7)25-27(15,16)17;3*1-3-2/h11-17H,4-10H2,1-3H3,(H2,18,19,20)(H2,21,22,23);7-14H,3-6H2,1-2H3,(H2,15,16,17)(H2,18,19,20);3*(H,1,2)/p-6/t11-,12+,13?,14?,15-,16?;7-,8?,9?,10+,11-,12?;;;/m00.../s1. The van der Waals surface area contributed by atoms with Crippen LogP contribution in [0, 0.1) is 0 Å². The average Bonchev–Trinajstić information content (AvgIpc) is 3.22. The minimum absolute atomic E-state index is 0.0262. The second-order valence-electron chi connectivity index (χ2n) is 13.2. The van der Waals surface area contributed by atoms with E-state index in [9.17, 15) is 63.4 Å². The summed E-state index contributed by atoms with van der Waals surface area (Å²) >= 11 is 0. The van der Waals surface area contributed by atoms with E-state index in [4.69, 9.17) is 70.9 Å². The first-order chi connectivity index (χ1) is 31.7. The van der Waals surface area contributed by atoms with Crippen LogP contribution in [0.1, 0.15) is 73.1 Å². The van der Waals surface area contributed by atoms with Crippen molar-refractivity contribution in [3.8, 4) is 0 Å². The third-order valence-corrected chi connectivity index (χ3v) is 10.2. The van der Waals surface area contributed by atoms with E-state index < -0.39 is 131 Å². The third-order valence-electron chi connectivity index (χ3n) is 8.12. The summed E-state index contributed by atoms with van der Waals surface area (Å²) in [5.41, 5.74) is 0. The average molecular weight is 1140 g/mol. The lowest BCUT2D eigenvalue weighted by Gasteiger charge is -2.51. The summed E-state index contributed by atoms with van der Waals surface area (Å²) in [6, 6.07) is 0. The van der Waals surface area contributed by atoms with E-state index in [-0.39, 0.29) is 33.0 Å². The van der Waals surface area contributed by atoms with E-state index >= 15 is 0 Å². The Hall–Kier alpha value is 0.180. The molecule has 0 radical (unpaired) electrons. The molecule has 6 unspecified atom stereocenters. The molecule has 68 heavy (non-hydrogen) atoms. The SMILES string of the molecule is CCCCOC1C(OP(=O)(O)O)[C@H](OCCC)C(O[O-])[C@H](OCCC)[C@@H]1OP(=O)(O)O.CCCOC1C(OP(=O)(O)O)[C@H](O[O-])C(O[O-])[C@H](OCCC)[C@@H]1OP(=O)(O)O.O=P[O-].O=P[O-].O=P[O-]. The molecule has 0 aromatic carbocycles. The first-order valence-corrected chi connectivity index (χ1v) is 27.8. The maximum absolute atomic E-state index is 11.7. The molecular weight excluding hydrogens is 1080 g/mol. The topological polar surface area (TPSA) is 530 Å². The van der Waals surface area contributed by atoms with E-state index in [2.05, 4.69) is 23.7 Å². The van der Waals surface area contributed by atoms with Crippen molar-refractivity contribution in [1.82, 2.24) is 0 Å². The largest absolute Gasteiger partial charge is 0.772 e. The molecule has 2 rings (SSSR count). The first kappa shape index (κ1) is 72.4. The molecule has 0 aliphatic heterocycles. The second-order valence-corrected chi connectivity index (χ2v) is 18.4. The molecule has 2 fully saturated rings. The summed E-state index contributed by atoms with van der Waals surface area (Å²) < 4.78 is 118. The van der Waals surface area contributed by atoms with Gasteiger partial charge in [-0.15, -0.1) is 0 Å². The van der Waals surface area contributed by atoms with Gasteiger partial charge < -0.3 is 108 Å². The Labute approximate surface area is 394 Å². The number of phosphoric ester groups is 4. The fourth-order valence-corrected chi connectivity index (χ4v) is 8.24. The molecule has 40 heteroatoms. The summed E-state index contributed by atoms with van der Waals surface area (Å²) in [5, 5.41) is 34.1. The van der Waals surface area contributed by atoms with Gasteiger partial charge in [0.25, 0.3) is 0 Å². The predicted octanol–water partition coefficient (Wildman–Crippen LogP) is -3.08. The maximum atomic E-state index is 11.7. The number of ether oxygens (including phenoxy) is 5. The van der Waals surface area contributed by atoms with Crippen LogP contribution in [-0.2, 0) is 88.4 Å². The quantitative estimate of drug-likeness (QED) is 0.0175. The van der Waals surface area contributed by atoms with Crippen LogP contribution in [-0.4, -0.2) is 145 Å². The van der Waals surface area contributed by atoms with Crippen molar-refractivity contribution in [2.24, 2.45) is 0 Å². The molecule has 2 aliphatic rings. The second kappa shape index (κ2) is 39.6. The predicted molar refractivity (Wildman–Crippen MR) is 210 cm³/mol. The third kappa shape index (κ3) is 31.0. The Morgan fingerprint density at radius 2 is 0.529 bits per heavy atom. The Kier molecular flexibility index (Phi) is 42.2. The van der Waals surface area contributed by atoms with E-state index in [0.717, 1.165) is 0 Å². The summed E-state index contributed by atoms with van der Waals surface area (Å²) in [7, 11) is -24.0. The molecule has 0 amide bonds. The van der Waals surface area contributed by atoms with Crippen molar-refractivity contribution in [2.45, 2.75) is 146 Å². The minimum Gasteiger partial charge on any atom is -0.772 e. The van der Waals surface area contributed by atoms with Crippen LogP contribution in [0.15, 0.2) is 0 Å². The first-order valence-electron chi connectivity index (χ1n) is 19.5. The maximum Gasteiger partial charge on any atom is 0.470 e. The molecule has 0 aromatic heterocycles. The van der Waals surface area contributed by atoms with Gasteiger partial charge in [0.05, 0.1) is 26.1 Å². The van der Waals surface area contributed by atoms with Crippen LogP contribution in [0.3, 0.4) is 0 Å². The van der Waals surface area contributed by atoms with Gasteiger partial charge in [-0.1, -0.05) is 41.0 Å². The highest BCUT2D eigenvalue weighted by molar-refractivity contribution is 7.47. The molecule has 0 spiro atoms. The van der Waals surface area contributed by atoms with Crippen molar-refractivity contribution in [2.75, 3.05) is 33.0 Å². The van der Waals surface area contributed by atoms with E-state index in [1.807, 2.05) is 6.92 Å². The number of rotatable bonds is 27. The number of phosphoric acid groups is 4. The molecular formula is C28H57O33P7-6. The van der Waals surface area contributed by atoms with Gasteiger partial charge in [0, 0.05) is 33.0 Å². The molecule has 0 heterocycles. The van der Waals surface area contributed by atoms with Gasteiger partial charge in [-0.05, 0) is 32.1 Å². The van der Waals surface area contributed by atoms with Crippen LogP contribution >= 0.6 is 57.4 Å². The van der Waals surface area contributed by atoms with Crippen molar-refractivity contribution in [3.05, 3.63) is 0 Å². The number of hydrogen-bond donors (Lipinski definition) is 8. The Morgan fingerprint density at radius 3 is 0.721 bits per heavy atom. The van der Waals surface area contributed by atoms with Crippen molar-refractivity contribution < 1.29 is 158 Å². The molecule has 408 valence electrons. The van der Waals surface area contributed by atoms with Crippen molar-refractivity contribution in [3.63, 3.8) is 0 Å². The van der Waals surface area contributed by atoms with Crippen molar-refractivity contribution >= 4 is 57.4 Å². The highest BCUT2D eigenvalue weighted by Gasteiger charge is 2.58. The van der Waals surface area contributed by atoms with Gasteiger partial charge in [0.15, 0.2) is 0 Å². The molecule has 12 atom stereocenters. The fraction of sp³-hybridized carbons (Fsp3) is 1.00. The highest BCUT2D eigenvalue weighted by atomic mass is 31.2. The molecule has 8 N–H and O–H groups in total. The zero-order chi connectivity index (χ0) is 53.3. The zero-order valence-corrected chi connectivity index (χ0v) is 42.9. The highest BCUT2D eigenvalue weighted by Crippen LogP contribution is 2.49. The Balaban J connectivity index is -0.00000106. The van der Waals surface area contributed by atoms with Crippen LogP contribution in [0.25, 0.3) is 0 Å². The van der Waals surface area contributed by atoms with Gasteiger partial charge in [-0.2, -0.15) is 0 Å². The Bertz CT molecular complexity index is 1440. The zero-order valence-electron chi connectivity index (χ0n) is 36.6. The lowest BCUT2D eigenvalue weighted by molar-refractivity contribution is -0.745. The smallest absolute Gasteiger partial charge is 0.470 e. The number of unbranched alkanes of at least 4 members (excludes halogenated alkanes) is 1. The summed E-state index contributed by atoms with van der Waals surface area (Å²) in [6.07, 6.45) is -16.7. The Morgan fingerprint density at radius 1 is 0.353 bits per heavy atom. The van der Waals surface area contributed by atoms with Crippen LogP contribution < -0.4 is 30.5 Å². The lowest BCUT2D eigenvalue weighted by atomic mass is 9.84. The van der Waals surface area contributed by atoms with E-state index in [0.29, 0.717) is 38.5 Å². The molecule has 2 saturated carbocycles. The molecule has 0 bridgehead atoms. The number of hydrogen-bond acceptors (Lipinski definition) is 25. The van der Waals surface area contributed by atoms with Gasteiger partial charge in [-0.3, -0.25) is 31.8 Å².